The van der Waals surface area contributed by atoms with E-state index in [1.807, 2.05) is 0 Å². The predicted octanol–water partition coefficient (Wildman–Crippen LogP) is 2.78. The smallest absolute Gasteiger partial charge is 0.303 e. The lowest BCUT2D eigenvalue weighted by atomic mass is 10.1. The second-order valence-corrected chi connectivity index (χ2v) is 4.84. The molecule has 1 amide bonds. The zero-order valence-electron chi connectivity index (χ0n) is 11.0. The van der Waals surface area contributed by atoms with Crippen molar-refractivity contribution in [2.75, 3.05) is 6.54 Å². The Balaban J connectivity index is 2.25. The summed E-state index contributed by atoms with van der Waals surface area (Å²) in [6.07, 6.45) is 2.06. The van der Waals surface area contributed by atoms with E-state index in [2.05, 4.69) is 5.32 Å². The van der Waals surface area contributed by atoms with Crippen molar-refractivity contribution in [1.82, 2.24) is 5.32 Å². The van der Waals surface area contributed by atoms with Crippen LogP contribution in [0.15, 0.2) is 18.2 Å². The largest absolute Gasteiger partial charge is 0.481 e. The van der Waals surface area contributed by atoms with E-state index in [1.54, 1.807) is 6.07 Å². The Kier molecular flexibility index (Phi) is 7.01. The molecule has 0 radical (unpaired) electrons. The van der Waals surface area contributed by atoms with E-state index >= 15 is 0 Å². The molecule has 0 aliphatic rings. The molecule has 0 aromatic heterocycles. The Labute approximate surface area is 121 Å². The number of hydrogen-bond donors (Lipinski definition) is 2. The fourth-order valence-corrected chi connectivity index (χ4v) is 1.96. The minimum atomic E-state index is -0.816. The molecule has 1 aromatic rings. The average Bonchev–Trinajstić information content (AvgIpc) is 2.38. The van der Waals surface area contributed by atoms with E-state index in [1.165, 1.54) is 12.1 Å². The summed E-state index contributed by atoms with van der Waals surface area (Å²) in [7, 11) is 0. The number of carboxylic acids is 1. The maximum atomic E-state index is 13.5. The molecule has 0 saturated carbocycles. The highest BCUT2D eigenvalue weighted by atomic mass is 35.5. The van der Waals surface area contributed by atoms with Crippen molar-refractivity contribution >= 4 is 23.5 Å². The first kappa shape index (κ1) is 16.4. The van der Waals surface area contributed by atoms with Crippen LogP contribution in [0.4, 0.5) is 4.39 Å². The van der Waals surface area contributed by atoms with Gasteiger partial charge in [-0.25, -0.2) is 4.39 Å². The van der Waals surface area contributed by atoms with Crippen molar-refractivity contribution in [3.05, 3.63) is 34.6 Å². The number of rotatable bonds is 8. The molecule has 20 heavy (non-hydrogen) atoms. The fraction of sp³-hybridized carbons (Fsp3) is 0.429. The summed E-state index contributed by atoms with van der Waals surface area (Å²) in [5.74, 6) is -1.60. The van der Waals surface area contributed by atoms with Crippen molar-refractivity contribution in [3.63, 3.8) is 0 Å². The molecule has 0 spiro atoms. The highest BCUT2D eigenvalue weighted by molar-refractivity contribution is 6.31. The van der Waals surface area contributed by atoms with Crippen LogP contribution in [0.2, 0.25) is 5.02 Å². The maximum absolute atomic E-state index is 13.5. The first-order valence-corrected chi connectivity index (χ1v) is 6.80. The topological polar surface area (TPSA) is 66.4 Å². The molecule has 4 nitrogen and oxygen atoms in total. The molecule has 6 heteroatoms. The van der Waals surface area contributed by atoms with Gasteiger partial charge in [-0.15, -0.1) is 0 Å². The van der Waals surface area contributed by atoms with Crippen LogP contribution >= 0.6 is 11.6 Å². The highest BCUT2D eigenvalue weighted by Gasteiger charge is 2.11. The van der Waals surface area contributed by atoms with Gasteiger partial charge in [0.15, 0.2) is 0 Å². The first-order chi connectivity index (χ1) is 9.50. The van der Waals surface area contributed by atoms with E-state index in [-0.39, 0.29) is 29.3 Å². The van der Waals surface area contributed by atoms with Gasteiger partial charge in [-0.1, -0.05) is 24.1 Å². The third-order valence-corrected chi connectivity index (χ3v) is 3.14. The summed E-state index contributed by atoms with van der Waals surface area (Å²) in [5, 5.41) is 11.4. The average molecular weight is 302 g/mol. The molecule has 0 aliphatic carbocycles. The SMILES string of the molecule is O=C(O)CCCCCNC(=O)Cc1c(F)cccc1Cl. The van der Waals surface area contributed by atoms with Crippen molar-refractivity contribution in [2.45, 2.75) is 32.1 Å². The van der Waals surface area contributed by atoms with Gasteiger partial charge < -0.3 is 10.4 Å². The Morgan fingerprint density at radius 3 is 2.65 bits per heavy atom. The second kappa shape index (κ2) is 8.53. The number of halogens is 2. The Morgan fingerprint density at radius 2 is 2.00 bits per heavy atom. The van der Waals surface area contributed by atoms with Gasteiger partial charge in [0.25, 0.3) is 0 Å². The van der Waals surface area contributed by atoms with Crippen molar-refractivity contribution < 1.29 is 19.1 Å². The molecule has 0 heterocycles. The van der Waals surface area contributed by atoms with E-state index in [0.717, 1.165) is 6.42 Å². The highest BCUT2D eigenvalue weighted by Crippen LogP contribution is 2.19. The number of carbonyl (C=O) groups excluding carboxylic acids is 1. The lowest BCUT2D eigenvalue weighted by molar-refractivity contribution is -0.137. The number of nitrogens with one attached hydrogen (secondary N) is 1. The van der Waals surface area contributed by atoms with Gasteiger partial charge in [-0.3, -0.25) is 9.59 Å². The molecule has 0 atom stereocenters. The zero-order chi connectivity index (χ0) is 15.0. The molecular formula is C14H17ClFNO3. The van der Waals surface area contributed by atoms with Crippen molar-refractivity contribution in [2.24, 2.45) is 0 Å². The summed E-state index contributed by atoms with van der Waals surface area (Å²) in [6.45, 7) is 0.449. The van der Waals surface area contributed by atoms with Gasteiger partial charge in [0.05, 0.1) is 6.42 Å². The van der Waals surface area contributed by atoms with Crippen molar-refractivity contribution in [1.29, 1.82) is 0 Å². The molecule has 0 bridgehead atoms. The molecule has 0 aliphatic heterocycles. The first-order valence-electron chi connectivity index (χ1n) is 6.42. The van der Waals surface area contributed by atoms with E-state index < -0.39 is 11.8 Å². The second-order valence-electron chi connectivity index (χ2n) is 4.43. The standard InChI is InChI=1S/C14H17ClFNO3/c15-11-5-4-6-12(16)10(11)9-13(18)17-8-3-1-2-7-14(19)20/h4-6H,1-3,7-9H2,(H,17,18)(H,19,20). The number of amides is 1. The van der Waals surface area contributed by atoms with Gasteiger partial charge in [0, 0.05) is 23.6 Å². The van der Waals surface area contributed by atoms with Gasteiger partial charge in [-0.05, 0) is 25.0 Å². The molecule has 0 unspecified atom stereocenters. The van der Waals surface area contributed by atoms with Crippen LogP contribution in [0.3, 0.4) is 0 Å². The molecule has 0 fully saturated rings. The number of carbonyl (C=O) groups is 2. The minimum Gasteiger partial charge on any atom is -0.481 e. The van der Waals surface area contributed by atoms with Crippen LogP contribution in [0.5, 0.6) is 0 Å². The maximum Gasteiger partial charge on any atom is 0.303 e. The normalized spacial score (nSPS) is 10.3. The van der Waals surface area contributed by atoms with Gasteiger partial charge in [0.2, 0.25) is 5.91 Å². The summed E-state index contributed by atoms with van der Waals surface area (Å²) in [4.78, 5) is 21.9. The van der Waals surface area contributed by atoms with E-state index in [0.29, 0.717) is 19.4 Å². The summed E-state index contributed by atoms with van der Waals surface area (Å²) in [6, 6.07) is 4.29. The van der Waals surface area contributed by atoms with Gasteiger partial charge >= 0.3 is 5.97 Å². The Bertz CT molecular complexity index is 459. The van der Waals surface area contributed by atoms with E-state index in [9.17, 15) is 14.0 Å². The third-order valence-electron chi connectivity index (χ3n) is 2.79. The molecule has 1 aromatic carbocycles. The van der Waals surface area contributed by atoms with Crippen LogP contribution in [-0.4, -0.2) is 23.5 Å². The number of benzene rings is 1. The summed E-state index contributed by atoms with van der Waals surface area (Å²) >= 11 is 5.83. The molecule has 2 N–H and O–H groups in total. The zero-order valence-corrected chi connectivity index (χ0v) is 11.8. The van der Waals surface area contributed by atoms with Crippen LogP contribution < -0.4 is 5.32 Å². The lowest BCUT2D eigenvalue weighted by Gasteiger charge is -2.07. The van der Waals surface area contributed by atoms with Crippen LogP contribution in [0, 0.1) is 5.82 Å². The monoisotopic (exact) mass is 301 g/mol. The predicted molar refractivity (Wildman–Crippen MR) is 74.2 cm³/mol. The van der Waals surface area contributed by atoms with Crippen LogP contribution in [-0.2, 0) is 16.0 Å². The number of hydrogen-bond acceptors (Lipinski definition) is 2. The number of unbranched alkanes of at least 4 members (excludes halogenated alkanes) is 2. The number of aliphatic carboxylic acids is 1. The van der Waals surface area contributed by atoms with Crippen molar-refractivity contribution in [3.8, 4) is 0 Å². The van der Waals surface area contributed by atoms with Crippen LogP contribution in [0.25, 0.3) is 0 Å². The Morgan fingerprint density at radius 1 is 1.25 bits per heavy atom. The summed E-state index contributed by atoms with van der Waals surface area (Å²) in [5.41, 5.74) is 0.192. The molecule has 110 valence electrons. The number of carboxylic acid groups (broad SMARTS) is 1. The molecule has 0 saturated heterocycles. The minimum absolute atomic E-state index is 0.0966. The third kappa shape index (κ3) is 6.02. The fourth-order valence-electron chi connectivity index (χ4n) is 1.73. The Hall–Kier alpha value is -1.62. The van der Waals surface area contributed by atoms with Crippen LogP contribution in [0.1, 0.15) is 31.2 Å². The van der Waals surface area contributed by atoms with Gasteiger partial charge in [0.1, 0.15) is 5.82 Å². The lowest BCUT2D eigenvalue weighted by Crippen LogP contribution is -2.26. The quantitative estimate of drug-likeness (QED) is 0.726. The molecule has 1 rings (SSSR count). The summed E-state index contributed by atoms with van der Waals surface area (Å²) < 4.78 is 13.5. The van der Waals surface area contributed by atoms with Gasteiger partial charge in [-0.2, -0.15) is 0 Å². The van der Waals surface area contributed by atoms with E-state index in [4.69, 9.17) is 16.7 Å². The molecular weight excluding hydrogens is 285 g/mol.